The van der Waals surface area contributed by atoms with Crippen LogP contribution in [0.25, 0.3) is 0 Å². The van der Waals surface area contributed by atoms with Gasteiger partial charge in [0.1, 0.15) is 5.41 Å². The quantitative estimate of drug-likeness (QED) is 0.582. The largest absolute Gasteiger partial charge is 0.355 e. The number of carbonyl (C=O) groups excluding carboxylic acids is 2. The summed E-state index contributed by atoms with van der Waals surface area (Å²) in [7, 11) is 3.96. The van der Waals surface area contributed by atoms with Crippen molar-refractivity contribution in [1.29, 1.82) is 0 Å². The Labute approximate surface area is 146 Å². The maximum absolute atomic E-state index is 12.4. The van der Waals surface area contributed by atoms with Crippen LogP contribution >= 0.6 is 23.2 Å². The second-order valence-corrected chi connectivity index (χ2v) is 6.98. The maximum atomic E-state index is 12.4. The van der Waals surface area contributed by atoms with E-state index in [2.05, 4.69) is 15.5 Å². The molecule has 0 unspecified atom stereocenters. The third-order valence-electron chi connectivity index (χ3n) is 3.81. The standard InChI is InChI=1S/C16H21Cl2N3O2/c1-21(2)7-3-6-19-14(22)16(4-5-16)15(23)20-13-9-11(17)8-12(18)10-13/h8-10H,3-7H2,1-2H3,(H,19,22)(H,20,23). The van der Waals surface area contributed by atoms with E-state index in [1.165, 1.54) is 0 Å². The second-order valence-electron chi connectivity index (χ2n) is 6.11. The number of carbonyl (C=O) groups is 2. The minimum Gasteiger partial charge on any atom is -0.355 e. The maximum Gasteiger partial charge on any atom is 0.240 e. The van der Waals surface area contributed by atoms with Crippen LogP contribution in [0.5, 0.6) is 0 Å². The van der Waals surface area contributed by atoms with Crippen molar-refractivity contribution < 1.29 is 9.59 Å². The first-order valence-corrected chi connectivity index (χ1v) is 8.30. The fourth-order valence-electron chi connectivity index (χ4n) is 2.33. The lowest BCUT2D eigenvalue weighted by molar-refractivity contribution is -0.134. The molecule has 5 nitrogen and oxygen atoms in total. The van der Waals surface area contributed by atoms with Crippen molar-refractivity contribution in [3.05, 3.63) is 28.2 Å². The van der Waals surface area contributed by atoms with Gasteiger partial charge in [0.2, 0.25) is 11.8 Å². The van der Waals surface area contributed by atoms with Crippen LogP contribution < -0.4 is 10.6 Å². The number of halogens is 2. The Kier molecular flexibility index (Phi) is 5.89. The number of benzene rings is 1. The van der Waals surface area contributed by atoms with Crippen molar-refractivity contribution in [3.8, 4) is 0 Å². The average molecular weight is 358 g/mol. The van der Waals surface area contributed by atoms with Gasteiger partial charge in [-0.15, -0.1) is 0 Å². The van der Waals surface area contributed by atoms with E-state index in [0.717, 1.165) is 13.0 Å². The highest BCUT2D eigenvalue weighted by Crippen LogP contribution is 2.47. The Morgan fingerprint density at radius 2 is 1.74 bits per heavy atom. The molecule has 0 spiro atoms. The van der Waals surface area contributed by atoms with E-state index in [-0.39, 0.29) is 11.8 Å². The zero-order valence-electron chi connectivity index (χ0n) is 13.3. The molecule has 2 N–H and O–H groups in total. The van der Waals surface area contributed by atoms with Crippen LogP contribution in [0.2, 0.25) is 10.0 Å². The van der Waals surface area contributed by atoms with Crippen molar-refractivity contribution in [3.63, 3.8) is 0 Å². The topological polar surface area (TPSA) is 61.4 Å². The lowest BCUT2D eigenvalue weighted by atomic mass is 10.0. The van der Waals surface area contributed by atoms with E-state index in [4.69, 9.17) is 23.2 Å². The summed E-state index contributed by atoms with van der Waals surface area (Å²) in [6.45, 7) is 1.45. The van der Waals surface area contributed by atoms with Gasteiger partial charge in [0.05, 0.1) is 0 Å². The van der Waals surface area contributed by atoms with Gasteiger partial charge in [0, 0.05) is 22.3 Å². The number of hydrogen-bond donors (Lipinski definition) is 2. The van der Waals surface area contributed by atoms with E-state index < -0.39 is 5.41 Å². The molecule has 2 amide bonds. The Balaban J connectivity index is 1.91. The molecule has 126 valence electrons. The van der Waals surface area contributed by atoms with Gasteiger partial charge in [-0.2, -0.15) is 0 Å². The molecule has 0 heterocycles. The van der Waals surface area contributed by atoms with Crippen molar-refractivity contribution in [2.45, 2.75) is 19.3 Å². The van der Waals surface area contributed by atoms with Crippen molar-refractivity contribution in [2.24, 2.45) is 5.41 Å². The zero-order valence-corrected chi connectivity index (χ0v) is 14.8. The van der Waals surface area contributed by atoms with Crippen molar-refractivity contribution in [1.82, 2.24) is 10.2 Å². The fourth-order valence-corrected chi connectivity index (χ4v) is 2.85. The molecule has 0 saturated heterocycles. The van der Waals surface area contributed by atoms with Gasteiger partial charge >= 0.3 is 0 Å². The van der Waals surface area contributed by atoms with Crippen LogP contribution in [0, 0.1) is 5.41 Å². The van der Waals surface area contributed by atoms with Crippen molar-refractivity contribution in [2.75, 3.05) is 32.5 Å². The van der Waals surface area contributed by atoms with E-state index in [1.54, 1.807) is 18.2 Å². The average Bonchev–Trinajstić information content (AvgIpc) is 3.23. The van der Waals surface area contributed by atoms with Crippen LogP contribution in [-0.2, 0) is 9.59 Å². The first-order chi connectivity index (χ1) is 10.8. The molecular formula is C16H21Cl2N3O2. The molecule has 7 heteroatoms. The Morgan fingerprint density at radius 1 is 1.13 bits per heavy atom. The number of anilines is 1. The molecule has 0 bridgehead atoms. The molecule has 1 aromatic carbocycles. The zero-order chi connectivity index (χ0) is 17.0. The van der Waals surface area contributed by atoms with Gasteiger partial charge in [-0.1, -0.05) is 23.2 Å². The Hall–Kier alpha value is -1.30. The summed E-state index contributed by atoms with van der Waals surface area (Å²) in [6.07, 6.45) is 1.97. The van der Waals surface area contributed by atoms with Gasteiger partial charge in [-0.3, -0.25) is 9.59 Å². The van der Waals surface area contributed by atoms with E-state index in [0.29, 0.717) is 35.1 Å². The highest BCUT2D eigenvalue weighted by Gasteiger charge is 2.56. The Bertz CT molecular complexity index is 581. The van der Waals surface area contributed by atoms with Crippen LogP contribution in [0.4, 0.5) is 5.69 Å². The van der Waals surface area contributed by atoms with Crippen LogP contribution in [0.3, 0.4) is 0 Å². The molecule has 1 aliphatic rings. The lowest BCUT2D eigenvalue weighted by Gasteiger charge is -2.16. The number of nitrogens with zero attached hydrogens (tertiary/aromatic N) is 1. The SMILES string of the molecule is CN(C)CCCNC(=O)C1(C(=O)Nc2cc(Cl)cc(Cl)c2)CC1. The molecule has 23 heavy (non-hydrogen) atoms. The van der Waals surface area contributed by atoms with Crippen molar-refractivity contribution >= 4 is 40.7 Å². The van der Waals surface area contributed by atoms with Gasteiger partial charge in [0.15, 0.2) is 0 Å². The molecule has 1 saturated carbocycles. The lowest BCUT2D eigenvalue weighted by Crippen LogP contribution is -2.40. The van der Waals surface area contributed by atoms with Gasteiger partial charge in [0.25, 0.3) is 0 Å². The monoisotopic (exact) mass is 357 g/mol. The molecule has 1 aromatic rings. The first-order valence-electron chi connectivity index (χ1n) is 7.54. The van der Waals surface area contributed by atoms with E-state index in [9.17, 15) is 9.59 Å². The second kappa shape index (κ2) is 7.51. The fraction of sp³-hybridized carbons (Fsp3) is 0.500. The van der Waals surface area contributed by atoms with Gasteiger partial charge in [-0.05, 0) is 58.1 Å². The summed E-state index contributed by atoms with van der Waals surface area (Å²) in [6, 6.07) is 4.80. The number of nitrogens with one attached hydrogen (secondary N) is 2. The van der Waals surface area contributed by atoms with Gasteiger partial charge in [-0.25, -0.2) is 0 Å². The third-order valence-corrected chi connectivity index (χ3v) is 4.24. The normalized spacial score (nSPS) is 15.3. The number of hydrogen-bond acceptors (Lipinski definition) is 3. The minimum absolute atomic E-state index is 0.207. The summed E-state index contributed by atoms with van der Waals surface area (Å²) in [5.41, 5.74) is -0.452. The third kappa shape index (κ3) is 4.83. The van der Waals surface area contributed by atoms with Gasteiger partial charge < -0.3 is 15.5 Å². The molecule has 0 aliphatic heterocycles. The predicted molar refractivity (Wildman–Crippen MR) is 92.9 cm³/mol. The molecule has 0 atom stereocenters. The summed E-state index contributed by atoms with van der Waals surface area (Å²) < 4.78 is 0. The van der Waals surface area contributed by atoms with Crippen LogP contribution in [-0.4, -0.2) is 43.9 Å². The summed E-state index contributed by atoms with van der Waals surface area (Å²) in [5, 5.41) is 6.46. The highest BCUT2D eigenvalue weighted by atomic mass is 35.5. The van der Waals surface area contributed by atoms with E-state index in [1.807, 2.05) is 14.1 Å². The highest BCUT2D eigenvalue weighted by molar-refractivity contribution is 6.35. The number of amides is 2. The van der Waals surface area contributed by atoms with E-state index >= 15 is 0 Å². The Morgan fingerprint density at radius 3 is 2.26 bits per heavy atom. The molecule has 1 aliphatic carbocycles. The number of rotatable bonds is 7. The summed E-state index contributed by atoms with van der Waals surface area (Å²) >= 11 is 11.8. The molecule has 1 fully saturated rings. The van der Waals surface area contributed by atoms with Crippen LogP contribution in [0.15, 0.2) is 18.2 Å². The molecule has 2 rings (SSSR count). The smallest absolute Gasteiger partial charge is 0.240 e. The minimum atomic E-state index is -0.951. The summed E-state index contributed by atoms with van der Waals surface area (Å²) in [5.74, 6) is -0.511. The summed E-state index contributed by atoms with van der Waals surface area (Å²) in [4.78, 5) is 26.8. The molecule has 0 radical (unpaired) electrons. The predicted octanol–water partition coefficient (Wildman–Crippen LogP) is 2.78. The first kappa shape index (κ1) is 18.0. The molecule has 0 aromatic heterocycles. The molecular weight excluding hydrogens is 337 g/mol. The van der Waals surface area contributed by atoms with Crippen LogP contribution in [0.1, 0.15) is 19.3 Å².